The molecule has 1 aliphatic heterocycles. The number of aliphatic hydroxyl groups is 2. The molecule has 1 aromatic rings. The van der Waals surface area contributed by atoms with Gasteiger partial charge in [0.25, 0.3) is 0 Å². The Kier molecular flexibility index (Phi) is 25.6. The molecule has 68 heavy (non-hydrogen) atoms. The van der Waals surface area contributed by atoms with Crippen LogP contribution in [0.5, 0.6) is 0 Å². The second-order valence-electron chi connectivity index (χ2n) is 17.1. The average molecular weight is 963 g/mol. The predicted molar refractivity (Wildman–Crippen MR) is 249 cm³/mol. The van der Waals surface area contributed by atoms with E-state index in [0.717, 1.165) is 0 Å². The third-order valence-electron chi connectivity index (χ3n) is 10.9. The van der Waals surface area contributed by atoms with Gasteiger partial charge >= 0.3 is 0 Å². The molecule has 9 amide bonds. The molecule has 2 rings (SSSR count). The van der Waals surface area contributed by atoms with E-state index in [4.69, 9.17) is 28.7 Å². The molecule has 25 nitrogen and oxygen atoms in total. The highest BCUT2D eigenvalue weighted by Gasteiger charge is 2.36. The van der Waals surface area contributed by atoms with Crippen molar-refractivity contribution < 1.29 is 53.4 Å². The molecule has 0 aliphatic carbocycles. The van der Waals surface area contributed by atoms with E-state index >= 15 is 0 Å². The maximum Gasteiger partial charge on any atom is 0.245 e. The zero-order valence-electron chi connectivity index (χ0n) is 39.3. The fourth-order valence-electron chi connectivity index (χ4n) is 7.00. The molecule has 21 N–H and O–H groups in total. The van der Waals surface area contributed by atoms with Crippen LogP contribution in [0.1, 0.15) is 71.8 Å². The summed E-state index contributed by atoms with van der Waals surface area (Å²) in [6.45, 7) is 5.20. The van der Waals surface area contributed by atoms with Gasteiger partial charge in [0.1, 0.15) is 54.4 Å². The molecule has 0 aromatic heterocycles. The Morgan fingerprint density at radius 1 is 0.632 bits per heavy atom. The van der Waals surface area contributed by atoms with Gasteiger partial charge in [-0.3, -0.25) is 43.2 Å². The molecule has 0 saturated carbocycles. The summed E-state index contributed by atoms with van der Waals surface area (Å²) >= 11 is 0. The predicted octanol–water partition coefficient (Wildman–Crippen LogP) is -6.84. The van der Waals surface area contributed by atoms with Gasteiger partial charge in [-0.1, -0.05) is 44.2 Å². The molecule has 1 heterocycles. The van der Waals surface area contributed by atoms with Crippen molar-refractivity contribution in [1.29, 1.82) is 0 Å². The summed E-state index contributed by atoms with van der Waals surface area (Å²) in [5.41, 5.74) is 29.6. The van der Waals surface area contributed by atoms with Crippen LogP contribution >= 0.6 is 0 Å². The van der Waals surface area contributed by atoms with E-state index in [-0.39, 0.29) is 77.0 Å². The number of carbonyl (C=O) groups is 9. The largest absolute Gasteiger partial charge is 0.391 e. The van der Waals surface area contributed by atoms with E-state index in [1.54, 1.807) is 44.2 Å². The van der Waals surface area contributed by atoms with Crippen LogP contribution in [0.4, 0.5) is 0 Å². The number of nitrogens with two attached hydrogens (primary N) is 5. The summed E-state index contributed by atoms with van der Waals surface area (Å²) in [6, 6.07) is -4.14. The minimum Gasteiger partial charge on any atom is -0.391 e. The molecule has 1 fully saturated rings. The van der Waals surface area contributed by atoms with Crippen LogP contribution in [0.3, 0.4) is 0 Å². The lowest BCUT2D eigenvalue weighted by molar-refractivity contribution is -0.136. The lowest BCUT2D eigenvalue weighted by Crippen LogP contribution is -2.61. The fraction of sp³-hybridized carbons (Fsp3) is 0.651. The summed E-state index contributed by atoms with van der Waals surface area (Å²) in [5.74, 6) is -8.14. The summed E-state index contributed by atoms with van der Waals surface area (Å²) in [4.78, 5) is 124. The number of amides is 9. The zero-order valence-corrected chi connectivity index (χ0v) is 39.3. The van der Waals surface area contributed by atoms with Gasteiger partial charge < -0.3 is 86.7 Å². The molecule has 25 heteroatoms. The minimum atomic E-state index is -1.63. The van der Waals surface area contributed by atoms with Crippen molar-refractivity contribution in [3.63, 3.8) is 0 Å². The Labute approximate surface area is 396 Å². The van der Waals surface area contributed by atoms with Gasteiger partial charge in [-0.2, -0.15) is 0 Å². The van der Waals surface area contributed by atoms with Gasteiger partial charge in [0, 0.05) is 13.0 Å². The number of hydrogen-bond donors (Lipinski definition) is 16. The maximum atomic E-state index is 14.2. The van der Waals surface area contributed by atoms with Gasteiger partial charge in [0.15, 0.2) is 0 Å². The lowest BCUT2D eigenvalue weighted by atomic mass is 10.00. The number of rotatable bonds is 18. The van der Waals surface area contributed by atoms with Crippen molar-refractivity contribution in [2.75, 3.05) is 32.7 Å². The first-order valence-electron chi connectivity index (χ1n) is 22.8. The monoisotopic (exact) mass is 963 g/mol. The fourth-order valence-corrected chi connectivity index (χ4v) is 7.00. The third-order valence-corrected chi connectivity index (χ3v) is 10.9. The number of hydrogen-bond acceptors (Lipinski definition) is 16. The smallest absolute Gasteiger partial charge is 0.245 e. The van der Waals surface area contributed by atoms with E-state index in [2.05, 4.69) is 47.9 Å². The topological polar surface area (TPSA) is 432 Å². The molecule has 1 saturated heterocycles. The molecule has 0 radical (unpaired) electrons. The zero-order chi connectivity index (χ0) is 51.1. The van der Waals surface area contributed by atoms with Crippen LogP contribution in [0.25, 0.3) is 0 Å². The first-order chi connectivity index (χ1) is 32.2. The average Bonchev–Trinajstić information content (AvgIpc) is 3.28. The Bertz CT molecular complexity index is 1840. The standard InChI is InChI=1S/C43H74N14O11/c1-22(2)20-31-40(65)52-26(10-15-44)35(60)51-29(13-18-47)39(64)57-34(24(4)59)43(68)49-19-14-30(53-36(61)28(12-17-46)54-42(67)33(48)23(3)58)38(63)50-27(11-16-45)37(62)56-32(41(66)55-31)21-25-8-6-5-7-9-25/h5-9,22-24,26-34,58-59H,10-21,44-48H2,1-4H3,(H,49,68)(H,50,63)(H,51,60)(H,52,65)(H,53,61)(H,54,67)(H,55,66)(H,56,62)(H,57,64)/t23?,24-,26-,27-,28-,29-,30-,31-,32+,33-,34-/m0/s1. The minimum absolute atomic E-state index is 0.0731. The maximum absolute atomic E-state index is 14.2. The van der Waals surface area contributed by atoms with Crippen LogP contribution in [-0.2, 0) is 49.6 Å². The van der Waals surface area contributed by atoms with Gasteiger partial charge in [0.05, 0.1) is 12.2 Å². The highest BCUT2D eigenvalue weighted by molar-refractivity contribution is 5.98. The Balaban J connectivity index is 2.74. The van der Waals surface area contributed by atoms with E-state index in [0.29, 0.717) is 5.56 Å². The Hall–Kier alpha value is -5.83. The van der Waals surface area contributed by atoms with Crippen molar-refractivity contribution >= 4 is 53.2 Å². The molecule has 11 atom stereocenters. The van der Waals surface area contributed by atoms with E-state index in [1.165, 1.54) is 13.8 Å². The lowest BCUT2D eigenvalue weighted by Gasteiger charge is -2.28. The summed E-state index contributed by atoms with van der Waals surface area (Å²) < 4.78 is 0. The quantitative estimate of drug-likeness (QED) is 0.0650. The highest BCUT2D eigenvalue weighted by atomic mass is 16.3. The number of nitrogens with one attached hydrogen (secondary N) is 9. The van der Waals surface area contributed by atoms with Crippen LogP contribution in [0.15, 0.2) is 30.3 Å². The van der Waals surface area contributed by atoms with Gasteiger partial charge in [-0.15, -0.1) is 0 Å². The second kappa shape index (κ2) is 29.8. The highest BCUT2D eigenvalue weighted by Crippen LogP contribution is 2.11. The molecule has 1 aliphatic rings. The van der Waals surface area contributed by atoms with Gasteiger partial charge in [-0.05, 0) is 90.0 Å². The third kappa shape index (κ3) is 19.4. The molecule has 0 bridgehead atoms. The molecular weight excluding hydrogens is 889 g/mol. The van der Waals surface area contributed by atoms with Crippen LogP contribution < -0.4 is 76.5 Å². The van der Waals surface area contributed by atoms with Gasteiger partial charge in [-0.25, -0.2) is 0 Å². The molecule has 1 unspecified atom stereocenters. The van der Waals surface area contributed by atoms with Crippen LogP contribution in [0, 0.1) is 5.92 Å². The van der Waals surface area contributed by atoms with Crippen molar-refractivity contribution in [2.24, 2.45) is 34.6 Å². The second-order valence-corrected chi connectivity index (χ2v) is 17.1. The summed E-state index contributed by atoms with van der Waals surface area (Å²) in [5, 5.41) is 43.4. The van der Waals surface area contributed by atoms with E-state index in [1.807, 2.05) is 0 Å². The molecule has 382 valence electrons. The van der Waals surface area contributed by atoms with Gasteiger partial charge in [0.2, 0.25) is 53.2 Å². The molecule has 1 aromatic carbocycles. The van der Waals surface area contributed by atoms with Crippen LogP contribution in [0.2, 0.25) is 0 Å². The van der Waals surface area contributed by atoms with Crippen LogP contribution in [-0.4, -0.2) is 163 Å². The SMILES string of the molecule is CC(C)C[C@@H]1NC(=O)[C@@H](Cc2ccccc2)NC(=O)[C@H](CCN)NC(=O)[C@@H](NC(=O)[C@H](CCN)NC(=O)[C@@H](N)C(C)O)CCNC(=O)[C@H]([C@H](C)O)NC(=O)[C@H](CCN)NC(=O)[C@H](CCN)NC1=O. The molecular formula is C43H74N14O11. The van der Waals surface area contributed by atoms with Crippen molar-refractivity contribution in [3.05, 3.63) is 35.9 Å². The van der Waals surface area contributed by atoms with Crippen molar-refractivity contribution in [2.45, 2.75) is 139 Å². The first-order valence-corrected chi connectivity index (χ1v) is 22.8. The van der Waals surface area contributed by atoms with E-state index < -0.39 is 126 Å². The number of benzene rings is 1. The van der Waals surface area contributed by atoms with E-state index in [9.17, 15) is 53.4 Å². The molecule has 0 spiro atoms. The Morgan fingerprint density at radius 3 is 1.59 bits per heavy atom. The first kappa shape index (κ1) is 58.3. The number of carbonyl (C=O) groups excluding carboxylic acids is 9. The summed E-state index contributed by atoms with van der Waals surface area (Å²) in [6.07, 6.45) is -3.78. The number of aliphatic hydroxyl groups excluding tert-OH is 2. The summed E-state index contributed by atoms with van der Waals surface area (Å²) in [7, 11) is 0. The van der Waals surface area contributed by atoms with Crippen molar-refractivity contribution in [3.8, 4) is 0 Å². The Morgan fingerprint density at radius 2 is 1.10 bits per heavy atom. The van der Waals surface area contributed by atoms with Crippen molar-refractivity contribution in [1.82, 2.24) is 47.9 Å². The normalized spacial score (nSPS) is 24.9.